The van der Waals surface area contributed by atoms with Crippen LogP contribution in [0.25, 0.3) is 0 Å². The second kappa shape index (κ2) is 8.87. The highest BCUT2D eigenvalue weighted by atomic mass is 19.1. The summed E-state index contributed by atoms with van der Waals surface area (Å²) in [5.41, 5.74) is 2.21. The first kappa shape index (κ1) is 19.9. The monoisotopic (exact) mass is 385 g/mol. The average molecular weight is 385 g/mol. The number of benzene rings is 2. The summed E-state index contributed by atoms with van der Waals surface area (Å²) >= 11 is 0. The molecule has 0 aromatic heterocycles. The molecule has 0 unspecified atom stereocenters. The zero-order valence-electron chi connectivity index (χ0n) is 16.1. The summed E-state index contributed by atoms with van der Waals surface area (Å²) in [6.07, 6.45) is 1.13. The van der Waals surface area contributed by atoms with Gasteiger partial charge in [0.1, 0.15) is 6.61 Å². The number of aryl methyl sites for hydroxylation is 1. The van der Waals surface area contributed by atoms with Crippen molar-refractivity contribution in [3.8, 4) is 5.75 Å². The van der Waals surface area contributed by atoms with Gasteiger partial charge in [0.25, 0.3) is 5.91 Å². The van der Waals surface area contributed by atoms with Crippen LogP contribution in [0.15, 0.2) is 42.5 Å². The minimum Gasteiger partial charge on any atom is -0.494 e. The van der Waals surface area contributed by atoms with Gasteiger partial charge in [-0.05, 0) is 49.1 Å². The van der Waals surface area contributed by atoms with Gasteiger partial charge >= 0.3 is 5.97 Å². The molecule has 6 heteroatoms. The number of amides is 1. The molecule has 5 nitrogen and oxygen atoms in total. The standard InChI is InChI=1S/C22H24FNO4/c1-15-5-3-4-6-18(15)21(25)24-11-9-17(10-12-24)22(26)28-14-16-7-8-20(27-2)19(23)13-16/h3-8,13,17H,9-12,14H2,1-2H3. The van der Waals surface area contributed by atoms with E-state index in [2.05, 4.69) is 0 Å². The summed E-state index contributed by atoms with van der Waals surface area (Å²) in [6.45, 7) is 2.97. The number of rotatable bonds is 5. The van der Waals surface area contributed by atoms with Gasteiger partial charge in [0, 0.05) is 18.7 Å². The zero-order valence-corrected chi connectivity index (χ0v) is 16.1. The van der Waals surface area contributed by atoms with Gasteiger partial charge in [-0.1, -0.05) is 24.3 Å². The quantitative estimate of drug-likeness (QED) is 0.736. The highest BCUT2D eigenvalue weighted by molar-refractivity contribution is 5.95. The van der Waals surface area contributed by atoms with Crippen LogP contribution in [0.3, 0.4) is 0 Å². The van der Waals surface area contributed by atoms with Crippen molar-refractivity contribution in [2.24, 2.45) is 5.92 Å². The summed E-state index contributed by atoms with van der Waals surface area (Å²) in [4.78, 5) is 26.8. The molecule has 2 aromatic carbocycles. The third-order valence-electron chi connectivity index (χ3n) is 5.09. The number of likely N-dealkylation sites (tertiary alicyclic amines) is 1. The first-order valence-corrected chi connectivity index (χ1v) is 9.33. The van der Waals surface area contributed by atoms with Crippen molar-refractivity contribution in [3.05, 3.63) is 65.0 Å². The Morgan fingerprint density at radius 3 is 2.50 bits per heavy atom. The fourth-order valence-electron chi connectivity index (χ4n) is 3.37. The third kappa shape index (κ3) is 4.50. The number of piperidine rings is 1. The summed E-state index contributed by atoms with van der Waals surface area (Å²) < 4.78 is 23.9. The van der Waals surface area contributed by atoms with Crippen LogP contribution >= 0.6 is 0 Å². The van der Waals surface area contributed by atoms with Crippen molar-refractivity contribution in [3.63, 3.8) is 0 Å². The topological polar surface area (TPSA) is 55.8 Å². The van der Waals surface area contributed by atoms with E-state index in [1.807, 2.05) is 31.2 Å². The maximum Gasteiger partial charge on any atom is 0.309 e. The number of methoxy groups -OCH3 is 1. The van der Waals surface area contributed by atoms with E-state index in [9.17, 15) is 14.0 Å². The highest BCUT2D eigenvalue weighted by Crippen LogP contribution is 2.23. The van der Waals surface area contributed by atoms with E-state index >= 15 is 0 Å². The molecule has 1 amide bonds. The van der Waals surface area contributed by atoms with E-state index in [0.717, 1.165) is 5.56 Å². The van der Waals surface area contributed by atoms with Crippen LogP contribution in [-0.4, -0.2) is 37.0 Å². The average Bonchev–Trinajstić information content (AvgIpc) is 2.72. The fourth-order valence-corrected chi connectivity index (χ4v) is 3.37. The number of esters is 1. The van der Waals surface area contributed by atoms with Crippen LogP contribution < -0.4 is 4.74 Å². The molecule has 3 rings (SSSR count). The predicted molar refractivity (Wildman–Crippen MR) is 103 cm³/mol. The van der Waals surface area contributed by atoms with E-state index in [1.54, 1.807) is 11.0 Å². The maximum atomic E-state index is 13.7. The summed E-state index contributed by atoms with van der Waals surface area (Å²) in [5, 5.41) is 0. The highest BCUT2D eigenvalue weighted by Gasteiger charge is 2.29. The smallest absolute Gasteiger partial charge is 0.309 e. The Morgan fingerprint density at radius 1 is 1.14 bits per heavy atom. The second-order valence-electron chi connectivity index (χ2n) is 6.96. The molecule has 0 bridgehead atoms. The Hall–Kier alpha value is -2.89. The van der Waals surface area contributed by atoms with E-state index in [0.29, 0.717) is 37.1 Å². The molecule has 1 aliphatic rings. The molecule has 0 spiro atoms. The first-order chi connectivity index (χ1) is 13.5. The van der Waals surface area contributed by atoms with Crippen LogP contribution in [-0.2, 0) is 16.1 Å². The van der Waals surface area contributed by atoms with Gasteiger partial charge in [0.05, 0.1) is 13.0 Å². The van der Waals surface area contributed by atoms with Gasteiger partial charge in [0.2, 0.25) is 0 Å². The van der Waals surface area contributed by atoms with Crippen molar-refractivity contribution in [1.29, 1.82) is 0 Å². The van der Waals surface area contributed by atoms with Gasteiger partial charge in [-0.15, -0.1) is 0 Å². The van der Waals surface area contributed by atoms with Crippen LogP contribution in [0.1, 0.15) is 34.3 Å². The van der Waals surface area contributed by atoms with Crippen molar-refractivity contribution in [1.82, 2.24) is 4.90 Å². The predicted octanol–water partition coefficient (Wildman–Crippen LogP) is 3.74. The first-order valence-electron chi connectivity index (χ1n) is 9.33. The van der Waals surface area contributed by atoms with E-state index in [4.69, 9.17) is 9.47 Å². The Morgan fingerprint density at radius 2 is 1.86 bits per heavy atom. The van der Waals surface area contributed by atoms with E-state index in [-0.39, 0.29) is 30.2 Å². The van der Waals surface area contributed by atoms with Gasteiger partial charge in [-0.3, -0.25) is 9.59 Å². The molecule has 1 saturated heterocycles. The van der Waals surface area contributed by atoms with Crippen LogP contribution in [0, 0.1) is 18.7 Å². The minimum atomic E-state index is -0.487. The molecule has 1 heterocycles. The lowest BCUT2D eigenvalue weighted by Crippen LogP contribution is -2.40. The maximum absolute atomic E-state index is 13.7. The lowest BCUT2D eigenvalue weighted by molar-refractivity contribution is -0.151. The summed E-state index contributed by atoms with van der Waals surface area (Å²) in [5.74, 6) is -0.887. The SMILES string of the molecule is COc1ccc(COC(=O)C2CCN(C(=O)c3ccccc3C)CC2)cc1F. The zero-order chi connectivity index (χ0) is 20.1. The number of hydrogen-bond donors (Lipinski definition) is 0. The van der Waals surface area contributed by atoms with Crippen molar-refractivity contribution in [2.45, 2.75) is 26.4 Å². The van der Waals surface area contributed by atoms with Crippen LogP contribution in [0.4, 0.5) is 4.39 Å². The molecule has 0 radical (unpaired) electrons. The van der Waals surface area contributed by atoms with Gasteiger partial charge in [-0.25, -0.2) is 4.39 Å². The van der Waals surface area contributed by atoms with Crippen LogP contribution in [0.2, 0.25) is 0 Å². The number of carbonyl (C=O) groups is 2. The van der Waals surface area contributed by atoms with Crippen LogP contribution in [0.5, 0.6) is 5.75 Å². The number of ether oxygens (including phenoxy) is 2. The minimum absolute atomic E-state index is 0.00127. The fraction of sp³-hybridized carbons (Fsp3) is 0.364. The molecule has 1 aliphatic heterocycles. The molecular weight excluding hydrogens is 361 g/mol. The second-order valence-corrected chi connectivity index (χ2v) is 6.96. The van der Waals surface area contributed by atoms with E-state index < -0.39 is 5.82 Å². The Balaban J connectivity index is 1.50. The molecule has 0 N–H and O–H groups in total. The molecule has 2 aromatic rings. The molecule has 1 fully saturated rings. The lowest BCUT2D eigenvalue weighted by atomic mass is 9.96. The summed E-state index contributed by atoms with van der Waals surface area (Å²) in [7, 11) is 1.40. The number of hydrogen-bond acceptors (Lipinski definition) is 4. The molecule has 0 saturated carbocycles. The summed E-state index contributed by atoms with van der Waals surface area (Å²) in [6, 6.07) is 12.0. The Labute approximate surface area is 164 Å². The van der Waals surface area contributed by atoms with Crippen molar-refractivity contribution >= 4 is 11.9 Å². The Kier molecular flexibility index (Phi) is 6.29. The van der Waals surface area contributed by atoms with Gasteiger partial charge in [0.15, 0.2) is 11.6 Å². The third-order valence-corrected chi connectivity index (χ3v) is 5.09. The number of nitrogens with zero attached hydrogens (tertiary/aromatic N) is 1. The molecule has 28 heavy (non-hydrogen) atoms. The normalized spacial score (nSPS) is 14.6. The van der Waals surface area contributed by atoms with Gasteiger partial charge in [-0.2, -0.15) is 0 Å². The Bertz CT molecular complexity index is 859. The number of carbonyl (C=O) groups excluding carboxylic acids is 2. The lowest BCUT2D eigenvalue weighted by Gasteiger charge is -2.31. The van der Waals surface area contributed by atoms with Crippen molar-refractivity contribution < 1.29 is 23.5 Å². The molecule has 0 aliphatic carbocycles. The molecular formula is C22H24FNO4. The molecule has 148 valence electrons. The van der Waals surface area contributed by atoms with Crippen molar-refractivity contribution in [2.75, 3.05) is 20.2 Å². The number of halogens is 1. The largest absolute Gasteiger partial charge is 0.494 e. The van der Waals surface area contributed by atoms with E-state index in [1.165, 1.54) is 19.2 Å². The molecule has 0 atom stereocenters. The van der Waals surface area contributed by atoms with Gasteiger partial charge < -0.3 is 14.4 Å².